The Morgan fingerprint density at radius 3 is 2.86 bits per heavy atom. The van der Waals surface area contributed by atoms with E-state index < -0.39 is 5.97 Å². The number of aryl methyl sites for hydroxylation is 1. The van der Waals surface area contributed by atoms with Crippen LogP contribution >= 0.6 is 0 Å². The van der Waals surface area contributed by atoms with Crippen LogP contribution < -0.4 is 0 Å². The van der Waals surface area contributed by atoms with Gasteiger partial charge in [0.25, 0.3) is 0 Å². The standard InChI is InChI=1S/C9H7NO4/c1-5-2-3-13-7(5)8-6(9(11)12)4-10-14-8/h2-4H,1H3,(H,11,12). The summed E-state index contributed by atoms with van der Waals surface area (Å²) in [5, 5.41) is 12.2. The fourth-order valence-corrected chi connectivity index (χ4v) is 1.16. The van der Waals surface area contributed by atoms with E-state index in [1.54, 1.807) is 13.0 Å². The van der Waals surface area contributed by atoms with Gasteiger partial charge in [0.05, 0.1) is 12.5 Å². The monoisotopic (exact) mass is 193 g/mol. The molecule has 2 rings (SSSR count). The molecule has 0 saturated carbocycles. The Kier molecular flexibility index (Phi) is 1.85. The minimum Gasteiger partial charge on any atom is -0.477 e. The second kappa shape index (κ2) is 3.02. The quantitative estimate of drug-likeness (QED) is 0.788. The first-order valence-electron chi connectivity index (χ1n) is 3.92. The van der Waals surface area contributed by atoms with E-state index in [-0.39, 0.29) is 11.3 Å². The van der Waals surface area contributed by atoms with Crippen molar-refractivity contribution < 1.29 is 18.8 Å². The van der Waals surface area contributed by atoms with Gasteiger partial charge in [-0.05, 0) is 18.6 Å². The number of nitrogens with zero attached hydrogens (tertiary/aromatic N) is 1. The van der Waals surface area contributed by atoms with Crippen molar-refractivity contribution >= 4 is 5.97 Å². The maximum Gasteiger partial charge on any atom is 0.341 e. The minimum absolute atomic E-state index is 0.00282. The molecular weight excluding hydrogens is 186 g/mol. The zero-order chi connectivity index (χ0) is 10.1. The van der Waals surface area contributed by atoms with E-state index in [9.17, 15) is 4.79 Å². The highest BCUT2D eigenvalue weighted by molar-refractivity contribution is 5.93. The molecule has 0 amide bonds. The Morgan fingerprint density at radius 2 is 2.29 bits per heavy atom. The summed E-state index contributed by atoms with van der Waals surface area (Å²) >= 11 is 0. The Balaban J connectivity index is 2.57. The normalized spacial score (nSPS) is 10.4. The summed E-state index contributed by atoms with van der Waals surface area (Å²) in [5.74, 6) is -0.531. The number of carboxylic acid groups (broad SMARTS) is 1. The smallest absolute Gasteiger partial charge is 0.341 e. The van der Waals surface area contributed by atoms with Crippen molar-refractivity contribution in [1.82, 2.24) is 5.16 Å². The molecule has 0 saturated heterocycles. The van der Waals surface area contributed by atoms with Crippen LogP contribution in [0.1, 0.15) is 15.9 Å². The molecule has 0 spiro atoms. The molecule has 0 aliphatic rings. The highest BCUT2D eigenvalue weighted by Crippen LogP contribution is 2.27. The topological polar surface area (TPSA) is 76.5 Å². The van der Waals surface area contributed by atoms with E-state index >= 15 is 0 Å². The number of carboxylic acids is 1. The Labute approximate surface area is 78.9 Å². The SMILES string of the molecule is Cc1ccoc1-c1oncc1C(=O)O. The molecule has 0 bridgehead atoms. The van der Waals surface area contributed by atoms with Crippen LogP contribution in [0.5, 0.6) is 0 Å². The Morgan fingerprint density at radius 1 is 1.50 bits per heavy atom. The van der Waals surface area contributed by atoms with Crippen molar-refractivity contribution in [3.63, 3.8) is 0 Å². The third kappa shape index (κ3) is 1.19. The van der Waals surface area contributed by atoms with E-state index in [2.05, 4.69) is 5.16 Å². The number of aromatic carboxylic acids is 1. The molecular formula is C9H7NO4. The van der Waals surface area contributed by atoms with Crippen molar-refractivity contribution in [3.05, 3.63) is 29.7 Å². The molecule has 2 heterocycles. The van der Waals surface area contributed by atoms with Crippen LogP contribution in [-0.4, -0.2) is 16.2 Å². The van der Waals surface area contributed by atoms with Gasteiger partial charge in [-0.15, -0.1) is 0 Å². The zero-order valence-corrected chi connectivity index (χ0v) is 7.35. The maximum absolute atomic E-state index is 10.7. The van der Waals surface area contributed by atoms with Gasteiger partial charge < -0.3 is 14.0 Å². The van der Waals surface area contributed by atoms with Gasteiger partial charge in [-0.1, -0.05) is 5.16 Å². The molecule has 5 heteroatoms. The van der Waals surface area contributed by atoms with Crippen molar-refractivity contribution in [1.29, 1.82) is 0 Å². The summed E-state index contributed by atoms with van der Waals surface area (Å²) in [6, 6.07) is 1.73. The second-order valence-corrected chi connectivity index (χ2v) is 2.81. The molecule has 5 nitrogen and oxygen atoms in total. The number of hydrogen-bond donors (Lipinski definition) is 1. The maximum atomic E-state index is 10.7. The van der Waals surface area contributed by atoms with Gasteiger partial charge in [0.15, 0.2) is 5.76 Å². The summed E-state index contributed by atoms with van der Waals surface area (Å²) in [4.78, 5) is 10.7. The molecule has 72 valence electrons. The van der Waals surface area contributed by atoms with Crippen molar-refractivity contribution in [2.45, 2.75) is 6.92 Å². The lowest BCUT2D eigenvalue weighted by Crippen LogP contribution is -1.95. The van der Waals surface area contributed by atoms with Crippen LogP contribution in [0, 0.1) is 6.92 Å². The van der Waals surface area contributed by atoms with Crippen molar-refractivity contribution in [2.24, 2.45) is 0 Å². The molecule has 14 heavy (non-hydrogen) atoms. The van der Waals surface area contributed by atoms with E-state index in [4.69, 9.17) is 14.0 Å². The number of hydrogen-bond acceptors (Lipinski definition) is 4. The molecule has 0 fully saturated rings. The minimum atomic E-state index is -1.09. The predicted molar refractivity (Wildman–Crippen MR) is 45.9 cm³/mol. The summed E-state index contributed by atoms with van der Waals surface area (Å²) < 4.78 is 9.93. The van der Waals surface area contributed by atoms with E-state index in [0.29, 0.717) is 5.76 Å². The van der Waals surface area contributed by atoms with Crippen LogP contribution in [0.2, 0.25) is 0 Å². The molecule has 0 atom stereocenters. The lowest BCUT2D eigenvalue weighted by atomic mass is 10.2. The van der Waals surface area contributed by atoms with Crippen LogP contribution in [0.25, 0.3) is 11.5 Å². The zero-order valence-electron chi connectivity index (χ0n) is 7.35. The molecule has 0 unspecified atom stereocenters. The fourth-order valence-electron chi connectivity index (χ4n) is 1.16. The third-order valence-corrected chi connectivity index (χ3v) is 1.87. The molecule has 0 aliphatic heterocycles. The molecule has 0 aliphatic carbocycles. The Hall–Kier alpha value is -2.04. The van der Waals surface area contributed by atoms with Gasteiger partial charge in [0.2, 0.25) is 5.76 Å². The van der Waals surface area contributed by atoms with Gasteiger partial charge in [-0.2, -0.15) is 0 Å². The number of aromatic nitrogens is 1. The first-order chi connectivity index (χ1) is 6.70. The van der Waals surface area contributed by atoms with Gasteiger partial charge in [-0.25, -0.2) is 4.79 Å². The van der Waals surface area contributed by atoms with Crippen LogP contribution in [-0.2, 0) is 0 Å². The second-order valence-electron chi connectivity index (χ2n) is 2.81. The van der Waals surface area contributed by atoms with Crippen molar-refractivity contribution in [3.8, 4) is 11.5 Å². The predicted octanol–water partition coefficient (Wildman–Crippen LogP) is 1.94. The van der Waals surface area contributed by atoms with E-state index in [1.165, 1.54) is 6.26 Å². The molecule has 0 radical (unpaired) electrons. The number of carbonyl (C=O) groups is 1. The van der Waals surface area contributed by atoms with Crippen molar-refractivity contribution in [2.75, 3.05) is 0 Å². The van der Waals surface area contributed by atoms with E-state index in [1.807, 2.05) is 0 Å². The van der Waals surface area contributed by atoms with Crippen LogP contribution in [0.4, 0.5) is 0 Å². The molecule has 2 aromatic heterocycles. The fraction of sp³-hybridized carbons (Fsp3) is 0.111. The highest BCUT2D eigenvalue weighted by Gasteiger charge is 2.20. The van der Waals surface area contributed by atoms with Crippen LogP contribution in [0.3, 0.4) is 0 Å². The first kappa shape index (κ1) is 8.55. The first-order valence-corrected chi connectivity index (χ1v) is 3.92. The number of rotatable bonds is 2. The lowest BCUT2D eigenvalue weighted by Gasteiger charge is -1.93. The highest BCUT2D eigenvalue weighted by atomic mass is 16.5. The third-order valence-electron chi connectivity index (χ3n) is 1.87. The Bertz CT molecular complexity index is 469. The van der Waals surface area contributed by atoms with Gasteiger partial charge >= 0.3 is 5.97 Å². The van der Waals surface area contributed by atoms with Crippen LogP contribution in [0.15, 0.2) is 27.5 Å². The number of furan rings is 1. The largest absolute Gasteiger partial charge is 0.477 e. The summed E-state index contributed by atoms with van der Waals surface area (Å²) in [7, 11) is 0. The summed E-state index contributed by atoms with van der Waals surface area (Å²) in [6.45, 7) is 1.80. The lowest BCUT2D eigenvalue weighted by molar-refractivity contribution is 0.0697. The molecule has 2 aromatic rings. The summed E-state index contributed by atoms with van der Waals surface area (Å²) in [6.07, 6.45) is 2.62. The average Bonchev–Trinajstić information content (AvgIpc) is 2.70. The summed E-state index contributed by atoms with van der Waals surface area (Å²) in [5.41, 5.74) is 0.812. The molecule has 0 aromatic carbocycles. The average molecular weight is 193 g/mol. The van der Waals surface area contributed by atoms with E-state index in [0.717, 1.165) is 11.8 Å². The molecule has 1 N–H and O–H groups in total. The van der Waals surface area contributed by atoms with Gasteiger partial charge in [0.1, 0.15) is 5.56 Å². The van der Waals surface area contributed by atoms with Gasteiger partial charge in [-0.3, -0.25) is 0 Å². The van der Waals surface area contributed by atoms with Gasteiger partial charge in [0, 0.05) is 0 Å².